The zero-order valence-corrected chi connectivity index (χ0v) is 12.4. The Morgan fingerprint density at radius 2 is 2.13 bits per heavy atom. The molecule has 0 radical (unpaired) electrons. The van der Waals surface area contributed by atoms with Gasteiger partial charge in [0.1, 0.15) is 11.2 Å². The molecule has 0 saturated carbocycles. The Bertz CT molecular complexity index is 872. The van der Waals surface area contributed by atoms with E-state index in [1.807, 2.05) is 0 Å². The van der Waals surface area contributed by atoms with Crippen LogP contribution in [0.5, 0.6) is 0 Å². The van der Waals surface area contributed by atoms with Crippen molar-refractivity contribution in [1.82, 2.24) is 15.3 Å². The molecule has 7 nitrogen and oxygen atoms in total. The van der Waals surface area contributed by atoms with Gasteiger partial charge in [-0.2, -0.15) is 10.2 Å². The number of nitrogens with one attached hydrogen (secondary N) is 2. The van der Waals surface area contributed by atoms with Gasteiger partial charge in [-0.15, -0.1) is 12.3 Å². The van der Waals surface area contributed by atoms with Gasteiger partial charge in [0.2, 0.25) is 0 Å². The highest BCUT2D eigenvalue weighted by atomic mass is 16.2. The van der Waals surface area contributed by atoms with Crippen LogP contribution in [-0.4, -0.2) is 28.1 Å². The predicted octanol–water partition coefficient (Wildman–Crippen LogP) is 1.62. The number of carbonyl (C=O) groups is 1. The van der Waals surface area contributed by atoms with Crippen LogP contribution in [0.15, 0.2) is 39.4 Å². The van der Waals surface area contributed by atoms with Gasteiger partial charge in [0, 0.05) is 37.4 Å². The van der Waals surface area contributed by atoms with Gasteiger partial charge < -0.3 is 10.3 Å². The lowest BCUT2D eigenvalue weighted by Gasteiger charge is -2.09. The molecule has 7 heteroatoms. The lowest BCUT2D eigenvalue weighted by atomic mass is 10.0. The first-order chi connectivity index (χ1) is 11.1. The lowest BCUT2D eigenvalue weighted by molar-refractivity contribution is 0.0947. The molecule has 3 rings (SSSR count). The Morgan fingerprint density at radius 3 is 2.87 bits per heavy atom. The maximum atomic E-state index is 12.1. The molecule has 0 atom stereocenters. The van der Waals surface area contributed by atoms with E-state index in [-0.39, 0.29) is 22.7 Å². The molecule has 0 spiro atoms. The normalized spacial score (nSPS) is 14.4. The maximum Gasteiger partial charge on any atom is 0.274 e. The van der Waals surface area contributed by atoms with Gasteiger partial charge in [-0.3, -0.25) is 9.59 Å². The highest BCUT2D eigenvalue weighted by Gasteiger charge is 2.38. The highest BCUT2D eigenvalue weighted by Crippen LogP contribution is 2.35. The summed E-state index contributed by atoms with van der Waals surface area (Å²) in [6, 6.07) is 5.03. The number of fused-ring (bicyclic) bond motifs is 1. The van der Waals surface area contributed by atoms with E-state index in [1.165, 1.54) is 0 Å². The number of carbonyl (C=O) groups excluding carboxylic acids is 1. The van der Waals surface area contributed by atoms with E-state index >= 15 is 0 Å². The zero-order chi connectivity index (χ0) is 16.3. The molecule has 0 fully saturated rings. The number of nitrogens with zero attached hydrogens (tertiary/aromatic N) is 3. The summed E-state index contributed by atoms with van der Waals surface area (Å²) >= 11 is 0. The number of rotatable bonds is 6. The average molecular weight is 309 g/mol. The highest BCUT2D eigenvalue weighted by molar-refractivity contribution is 5.94. The summed E-state index contributed by atoms with van der Waals surface area (Å²) in [5, 5.41) is 11.5. The number of aromatic amines is 1. The lowest BCUT2D eigenvalue weighted by Crippen LogP contribution is -2.29. The van der Waals surface area contributed by atoms with Crippen molar-refractivity contribution in [2.75, 3.05) is 6.54 Å². The third-order valence-corrected chi connectivity index (χ3v) is 3.71. The van der Waals surface area contributed by atoms with Crippen molar-refractivity contribution in [2.45, 2.75) is 24.9 Å². The quantitative estimate of drug-likeness (QED) is 0.793. The summed E-state index contributed by atoms with van der Waals surface area (Å²) in [7, 11) is 0. The molecule has 116 valence electrons. The van der Waals surface area contributed by atoms with Gasteiger partial charge in [-0.1, -0.05) is 6.07 Å². The second-order valence-corrected chi connectivity index (χ2v) is 5.33. The van der Waals surface area contributed by atoms with Crippen LogP contribution in [0.1, 0.15) is 29.8 Å². The molecule has 0 bridgehead atoms. The molecule has 23 heavy (non-hydrogen) atoms. The van der Waals surface area contributed by atoms with Crippen LogP contribution in [0, 0.1) is 12.3 Å². The summed E-state index contributed by atoms with van der Waals surface area (Å²) in [6.45, 7) is 0.418. The van der Waals surface area contributed by atoms with Crippen LogP contribution in [0.25, 0.3) is 10.9 Å². The molecule has 1 amide bonds. The number of hydrogen-bond acceptors (Lipinski definition) is 5. The molecule has 2 aromatic rings. The third-order valence-electron chi connectivity index (χ3n) is 3.71. The monoisotopic (exact) mass is 309 g/mol. The van der Waals surface area contributed by atoms with Crippen LogP contribution < -0.4 is 10.9 Å². The summed E-state index contributed by atoms with van der Waals surface area (Å²) in [5.74, 6) is 2.23. The molecule has 0 aromatic carbocycles. The fourth-order valence-electron chi connectivity index (χ4n) is 2.32. The molecular weight excluding hydrogens is 294 g/mol. The average Bonchev–Trinajstić information content (AvgIpc) is 3.33. The topological polar surface area (TPSA) is 99.6 Å². The van der Waals surface area contributed by atoms with Crippen LogP contribution in [0.3, 0.4) is 0 Å². The van der Waals surface area contributed by atoms with Gasteiger partial charge in [-0.05, 0) is 12.1 Å². The first-order valence-electron chi connectivity index (χ1n) is 7.28. The number of hydrogen-bond donors (Lipinski definition) is 2. The molecule has 0 unspecified atom stereocenters. The summed E-state index contributed by atoms with van der Waals surface area (Å²) < 4.78 is 0. The van der Waals surface area contributed by atoms with E-state index < -0.39 is 5.66 Å². The van der Waals surface area contributed by atoms with Gasteiger partial charge in [0.05, 0.1) is 0 Å². The molecule has 2 aromatic heterocycles. The molecular formula is C16H15N5O2. The number of amides is 1. The summed E-state index contributed by atoms with van der Waals surface area (Å²) in [4.78, 5) is 30.5. The van der Waals surface area contributed by atoms with E-state index in [2.05, 4.69) is 31.4 Å². The van der Waals surface area contributed by atoms with Crippen LogP contribution in [-0.2, 0) is 0 Å². The van der Waals surface area contributed by atoms with Crippen molar-refractivity contribution in [1.29, 1.82) is 0 Å². The SMILES string of the molecule is C#CCCC1(CCNC(=O)c2ccc3cc[nH]c(=O)c3n2)N=N1. The van der Waals surface area contributed by atoms with Crippen molar-refractivity contribution >= 4 is 16.8 Å². The number of aromatic nitrogens is 2. The van der Waals surface area contributed by atoms with E-state index in [4.69, 9.17) is 6.42 Å². The van der Waals surface area contributed by atoms with Crippen molar-refractivity contribution < 1.29 is 4.79 Å². The van der Waals surface area contributed by atoms with Crippen molar-refractivity contribution in [3.63, 3.8) is 0 Å². The van der Waals surface area contributed by atoms with Crippen molar-refractivity contribution in [3.05, 3.63) is 40.4 Å². The largest absolute Gasteiger partial charge is 0.351 e. The number of H-pyrrole nitrogens is 1. The van der Waals surface area contributed by atoms with Gasteiger partial charge in [0.25, 0.3) is 11.5 Å². The fraction of sp³-hybridized carbons (Fsp3) is 0.312. The standard InChI is InChI=1S/C16H15N5O2/c1-2-3-7-16(20-21-16)8-10-18-14(22)12-5-4-11-6-9-17-15(23)13(11)19-12/h1,4-6,9H,3,7-8,10H2,(H,17,23)(H,18,22). The molecule has 2 N–H and O–H groups in total. The summed E-state index contributed by atoms with van der Waals surface area (Å²) in [5.41, 5.74) is -0.288. The van der Waals surface area contributed by atoms with E-state index in [0.717, 1.165) is 0 Å². The Labute approximate surface area is 132 Å². The molecule has 0 aliphatic carbocycles. The van der Waals surface area contributed by atoms with Crippen LogP contribution in [0.2, 0.25) is 0 Å². The van der Waals surface area contributed by atoms with Crippen molar-refractivity contribution in [3.8, 4) is 12.3 Å². The zero-order valence-electron chi connectivity index (χ0n) is 12.4. The Kier molecular flexibility index (Phi) is 3.89. The summed E-state index contributed by atoms with van der Waals surface area (Å²) in [6.07, 6.45) is 8.69. The van der Waals surface area contributed by atoms with Crippen LogP contribution >= 0.6 is 0 Å². The van der Waals surface area contributed by atoms with E-state index in [0.29, 0.717) is 31.2 Å². The Morgan fingerprint density at radius 1 is 1.30 bits per heavy atom. The number of terminal acetylenes is 1. The maximum absolute atomic E-state index is 12.1. The molecule has 0 saturated heterocycles. The number of pyridine rings is 2. The Balaban J connectivity index is 1.62. The molecule has 1 aliphatic rings. The molecule has 3 heterocycles. The first kappa shape index (κ1) is 14.9. The fourth-order valence-corrected chi connectivity index (χ4v) is 2.32. The Hall–Kier alpha value is -3.01. The minimum atomic E-state index is -0.423. The van der Waals surface area contributed by atoms with Gasteiger partial charge in [-0.25, -0.2) is 4.98 Å². The van der Waals surface area contributed by atoms with Crippen LogP contribution in [0.4, 0.5) is 0 Å². The minimum Gasteiger partial charge on any atom is -0.351 e. The molecule has 1 aliphatic heterocycles. The first-order valence-corrected chi connectivity index (χ1v) is 7.28. The van der Waals surface area contributed by atoms with E-state index in [1.54, 1.807) is 24.4 Å². The van der Waals surface area contributed by atoms with Gasteiger partial charge in [0.15, 0.2) is 5.66 Å². The van der Waals surface area contributed by atoms with Gasteiger partial charge >= 0.3 is 0 Å². The third kappa shape index (κ3) is 3.26. The van der Waals surface area contributed by atoms with Crippen molar-refractivity contribution in [2.24, 2.45) is 10.2 Å². The van der Waals surface area contributed by atoms with E-state index in [9.17, 15) is 9.59 Å². The predicted molar refractivity (Wildman–Crippen MR) is 85.0 cm³/mol. The second-order valence-electron chi connectivity index (χ2n) is 5.33. The smallest absolute Gasteiger partial charge is 0.274 e. The second kappa shape index (κ2) is 6.01. The minimum absolute atomic E-state index is 0.205.